The Kier molecular flexibility index (Phi) is 5.63. The third-order valence-corrected chi connectivity index (χ3v) is 5.83. The van der Waals surface area contributed by atoms with E-state index >= 15 is 0 Å². The van der Waals surface area contributed by atoms with Crippen molar-refractivity contribution in [3.05, 3.63) is 47.8 Å². The second-order valence-corrected chi connectivity index (χ2v) is 8.88. The maximum Gasteiger partial charge on any atom is 0.325 e. The van der Waals surface area contributed by atoms with Crippen LogP contribution >= 0.6 is 0 Å². The molecular formula is C24H29N7O2. The van der Waals surface area contributed by atoms with E-state index in [0.717, 1.165) is 54.3 Å². The molecule has 4 aromatic rings. The SMILES string of the molecule is Cc1cc2cc(Oc3nc(Nc4cc(C(C)C)no4)cc(N4CCN(C)CC4)n3)ccc2[nH]1. The molecule has 9 nitrogen and oxygen atoms in total. The highest BCUT2D eigenvalue weighted by Gasteiger charge is 2.19. The van der Waals surface area contributed by atoms with E-state index in [-0.39, 0.29) is 11.9 Å². The molecule has 5 rings (SSSR count). The highest BCUT2D eigenvalue weighted by Crippen LogP contribution is 2.29. The number of aromatic nitrogens is 4. The number of ether oxygens (including phenoxy) is 1. The molecule has 1 aliphatic rings. The van der Waals surface area contributed by atoms with Crippen LogP contribution in [0.1, 0.15) is 31.2 Å². The Hall–Kier alpha value is -3.59. The molecule has 0 saturated carbocycles. The zero-order valence-electron chi connectivity index (χ0n) is 19.4. The number of benzene rings is 1. The van der Waals surface area contributed by atoms with Crippen molar-refractivity contribution < 1.29 is 9.26 Å². The van der Waals surface area contributed by atoms with E-state index in [2.05, 4.69) is 57.2 Å². The van der Waals surface area contributed by atoms with Crippen LogP contribution in [-0.4, -0.2) is 58.2 Å². The van der Waals surface area contributed by atoms with Gasteiger partial charge in [0.05, 0.1) is 5.69 Å². The van der Waals surface area contributed by atoms with Crippen molar-refractivity contribution in [3.63, 3.8) is 0 Å². The molecule has 0 bridgehead atoms. The summed E-state index contributed by atoms with van der Waals surface area (Å²) in [5, 5.41) is 8.43. The number of aromatic amines is 1. The Bertz CT molecular complexity index is 1250. The third-order valence-electron chi connectivity index (χ3n) is 5.83. The van der Waals surface area contributed by atoms with Crippen LogP contribution in [0.5, 0.6) is 11.8 Å². The Morgan fingerprint density at radius 2 is 1.88 bits per heavy atom. The summed E-state index contributed by atoms with van der Waals surface area (Å²) < 4.78 is 11.6. The van der Waals surface area contributed by atoms with Gasteiger partial charge in [-0.05, 0) is 44.2 Å². The predicted molar refractivity (Wildman–Crippen MR) is 129 cm³/mol. The molecule has 3 aromatic heterocycles. The summed E-state index contributed by atoms with van der Waals surface area (Å²) in [4.78, 5) is 17.2. The zero-order valence-corrected chi connectivity index (χ0v) is 19.4. The van der Waals surface area contributed by atoms with E-state index in [1.54, 1.807) is 0 Å². The number of likely N-dealkylation sites (N-methyl/N-ethyl adjacent to an activating group) is 1. The number of H-pyrrole nitrogens is 1. The van der Waals surface area contributed by atoms with Crippen molar-refractivity contribution in [1.29, 1.82) is 0 Å². The Morgan fingerprint density at radius 1 is 1.06 bits per heavy atom. The maximum absolute atomic E-state index is 6.11. The predicted octanol–water partition coefficient (Wildman–Crippen LogP) is 4.67. The van der Waals surface area contributed by atoms with Gasteiger partial charge < -0.3 is 29.4 Å². The fourth-order valence-electron chi connectivity index (χ4n) is 3.89. The van der Waals surface area contributed by atoms with Gasteiger partial charge in [0.25, 0.3) is 0 Å². The molecule has 4 heterocycles. The van der Waals surface area contributed by atoms with Gasteiger partial charge in [0.2, 0.25) is 5.88 Å². The topological polar surface area (TPSA) is 95.3 Å². The molecule has 0 spiro atoms. The van der Waals surface area contributed by atoms with Gasteiger partial charge in [0.15, 0.2) is 0 Å². The van der Waals surface area contributed by atoms with Crippen LogP contribution in [0.3, 0.4) is 0 Å². The fraction of sp³-hybridized carbons (Fsp3) is 0.375. The normalized spacial score (nSPS) is 14.9. The third kappa shape index (κ3) is 4.78. The molecule has 1 saturated heterocycles. The number of hydrogen-bond acceptors (Lipinski definition) is 8. The number of piperazine rings is 1. The van der Waals surface area contributed by atoms with E-state index in [0.29, 0.717) is 17.5 Å². The molecule has 9 heteroatoms. The second-order valence-electron chi connectivity index (χ2n) is 8.88. The molecule has 0 amide bonds. The summed E-state index contributed by atoms with van der Waals surface area (Å²) in [6.45, 7) is 9.93. The number of fused-ring (bicyclic) bond motifs is 1. The Morgan fingerprint density at radius 3 is 2.64 bits per heavy atom. The minimum absolute atomic E-state index is 0.279. The van der Waals surface area contributed by atoms with E-state index in [9.17, 15) is 0 Å². The first-order chi connectivity index (χ1) is 15.9. The first kappa shape index (κ1) is 21.3. The van der Waals surface area contributed by atoms with E-state index in [4.69, 9.17) is 14.2 Å². The van der Waals surface area contributed by atoms with Crippen LogP contribution in [0.4, 0.5) is 17.5 Å². The lowest BCUT2D eigenvalue weighted by atomic mass is 10.1. The number of nitrogens with one attached hydrogen (secondary N) is 2. The average Bonchev–Trinajstić information content (AvgIpc) is 3.39. The molecule has 2 N–H and O–H groups in total. The van der Waals surface area contributed by atoms with Gasteiger partial charge in [-0.1, -0.05) is 19.0 Å². The first-order valence-corrected chi connectivity index (χ1v) is 11.3. The molecule has 33 heavy (non-hydrogen) atoms. The minimum Gasteiger partial charge on any atom is -0.424 e. The monoisotopic (exact) mass is 447 g/mol. The highest BCUT2D eigenvalue weighted by atomic mass is 16.5. The molecule has 1 aliphatic heterocycles. The molecule has 1 fully saturated rings. The molecule has 0 aliphatic carbocycles. The molecular weight excluding hydrogens is 418 g/mol. The van der Waals surface area contributed by atoms with Crippen LogP contribution < -0.4 is 15.0 Å². The van der Waals surface area contributed by atoms with E-state index < -0.39 is 0 Å². The highest BCUT2D eigenvalue weighted by molar-refractivity contribution is 5.81. The zero-order chi connectivity index (χ0) is 22.9. The maximum atomic E-state index is 6.11. The lowest BCUT2D eigenvalue weighted by Gasteiger charge is -2.33. The van der Waals surface area contributed by atoms with Crippen molar-refractivity contribution >= 4 is 28.4 Å². The molecule has 0 atom stereocenters. The van der Waals surface area contributed by atoms with Crippen LogP contribution in [0.2, 0.25) is 0 Å². The van der Waals surface area contributed by atoms with Crippen LogP contribution in [0.25, 0.3) is 10.9 Å². The van der Waals surface area contributed by atoms with Crippen molar-refractivity contribution in [1.82, 2.24) is 25.0 Å². The van der Waals surface area contributed by atoms with Crippen molar-refractivity contribution in [2.45, 2.75) is 26.7 Å². The lowest BCUT2D eigenvalue weighted by molar-refractivity contribution is 0.311. The van der Waals surface area contributed by atoms with Gasteiger partial charge in [0, 0.05) is 54.9 Å². The van der Waals surface area contributed by atoms with Gasteiger partial charge in [-0.3, -0.25) is 0 Å². The fourth-order valence-corrected chi connectivity index (χ4v) is 3.89. The van der Waals surface area contributed by atoms with E-state index in [1.165, 1.54) is 0 Å². The molecule has 0 unspecified atom stereocenters. The number of aryl methyl sites for hydroxylation is 1. The largest absolute Gasteiger partial charge is 0.424 e. The number of hydrogen-bond donors (Lipinski definition) is 2. The molecule has 1 aromatic carbocycles. The summed E-state index contributed by atoms with van der Waals surface area (Å²) in [7, 11) is 2.13. The molecule has 172 valence electrons. The van der Waals surface area contributed by atoms with E-state index in [1.807, 2.05) is 37.3 Å². The summed E-state index contributed by atoms with van der Waals surface area (Å²) in [5.74, 6) is 2.92. The number of nitrogens with zero attached hydrogens (tertiary/aromatic N) is 5. The summed E-state index contributed by atoms with van der Waals surface area (Å²) in [6.07, 6.45) is 0. The van der Waals surface area contributed by atoms with Crippen molar-refractivity contribution in [2.24, 2.45) is 0 Å². The van der Waals surface area contributed by atoms with Crippen LogP contribution in [-0.2, 0) is 0 Å². The minimum atomic E-state index is 0.279. The van der Waals surface area contributed by atoms with Gasteiger partial charge in [0.1, 0.15) is 17.4 Å². The average molecular weight is 448 g/mol. The quantitative estimate of drug-likeness (QED) is 0.440. The van der Waals surface area contributed by atoms with Gasteiger partial charge in [-0.2, -0.15) is 9.97 Å². The van der Waals surface area contributed by atoms with Gasteiger partial charge >= 0.3 is 6.01 Å². The standard InChI is InChI=1S/C24H29N7O2/c1-15(2)20-13-23(33-29-20)26-21-14-22(31-9-7-30(4)8-10-31)28-24(27-21)32-18-5-6-19-17(12-18)11-16(3)25-19/h5-6,11-15,25H,7-10H2,1-4H3,(H,26,27,28). The Labute approximate surface area is 192 Å². The lowest BCUT2D eigenvalue weighted by Crippen LogP contribution is -2.44. The van der Waals surface area contributed by atoms with Gasteiger partial charge in [-0.15, -0.1) is 0 Å². The first-order valence-electron chi connectivity index (χ1n) is 11.3. The second kappa shape index (κ2) is 8.74. The summed E-state index contributed by atoms with van der Waals surface area (Å²) >= 11 is 0. The number of anilines is 3. The van der Waals surface area contributed by atoms with Crippen LogP contribution in [0.15, 0.2) is 40.9 Å². The van der Waals surface area contributed by atoms with Crippen molar-refractivity contribution in [3.8, 4) is 11.8 Å². The van der Waals surface area contributed by atoms with Gasteiger partial charge in [-0.25, -0.2) is 0 Å². The summed E-state index contributed by atoms with van der Waals surface area (Å²) in [5.41, 5.74) is 3.06. The molecule has 0 radical (unpaired) electrons. The Balaban J connectivity index is 1.45. The smallest absolute Gasteiger partial charge is 0.325 e. The van der Waals surface area contributed by atoms with Crippen molar-refractivity contribution in [2.75, 3.05) is 43.4 Å². The summed E-state index contributed by atoms with van der Waals surface area (Å²) in [6, 6.07) is 12.1. The number of rotatable bonds is 6. The van der Waals surface area contributed by atoms with Crippen LogP contribution in [0, 0.1) is 6.92 Å².